The first-order valence-corrected chi connectivity index (χ1v) is 11.6. The number of Topliss-reactive ketones (excluding diaryl/α,β-unsaturated/α-hetero) is 1. The first-order valence-electron chi connectivity index (χ1n) is 11.6. The molecule has 7 heteroatoms. The Morgan fingerprint density at radius 1 is 0.971 bits per heavy atom. The molecule has 3 rings (SSSR count). The zero-order valence-corrected chi connectivity index (χ0v) is 21.2. The van der Waals surface area contributed by atoms with E-state index in [1.807, 2.05) is 43.3 Å². The van der Waals surface area contributed by atoms with Crippen LogP contribution in [-0.4, -0.2) is 44.8 Å². The standard InChI is InChI=1S/C28H34O7/c1-16(17(2)28(30)31)11-23-22(12-19-7-9-20(10-8-19)18(3)29)15-35-26(23)21-13-24(32-4)27(34-6)25(14-21)33-5/h7-10,13-14,22-23,26H,11-12,15H2,1-6H3,(H,30,31)/t22-,23+,26+/m0/s1. The molecule has 35 heavy (non-hydrogen) atoms. The van der Waals surface area contributed by atoms with Gasteiger partial charge in [-0.3, -0.25) is 4.79 Å². The lowest BCUT2D eigenvalue weighted by Crippen LogP contribution is -2.19. The summed E-state index contributed by atoms with van der Waals surface area (Å²) in [7, 11) is 4.71. The Labute approximate surface area is 206 Å². The van der Waals surface area contributed by atoms with E-state index in [1.54, 1.807) is 35.2 Å². The van der Waals surface area contributed by atoms with Crippen molar-refractivity contribution in [1.29, 1.82) is 0 Å². The first-order chi connectivity index (χ1) is 16.7. The van der Waals surface area contributed by atoms with Gasteiger partial charge in [-0.25, -0.2) is 4.79 Å². The SMILES string of the molecule is COc1cc([C@H]2OC[C@H](Cc3ccc(C(C)=O)cc3)[C@H]2CC(C)=C(C)C(=O)O)cc(OC)c1OC. The third-order valence-electron chi connectivity index (χ3n) is 6.86. The number of rotatable bonds is 10. The van der Waals surface area contributed by atoms with Crippen LogP contribution in [0.5, 0.6) is 17.2 Å². The molecule has 1 aliphatic rings. The lowest BCUT2D eigenvalue weighted by atomic mass is 9.79. The van der Waals surface area contributed by atoms with Gasteiger partial charge in [0.05, 0.1) is 34.0 Å². The number of methoxy groups -OCH3 is 3. The Hall–Kier alpha value is -3.32. The van der Waals surface area contributed by atoms with Crippen molar-refractivity contribution in [1.82, 2.24) is 0 Å². The summed E-state index contributed by atoms with van der Waals surface area (Å²) in [6.45, 7) is 5.59. The highest BCUT2D eigenvalue weighted by Gasteiger charge is 2.39. The molecule has 1 fully saturated rings. The molecule has 3 atom stereocenters. The molecule has 0 amide bonds. The molecule has 7 nitrogen and oxygen atoms in total. The highest BCUT2D eigenvalue weighted by Crippen LogP contribution is 2.47. The summed E-state index contributed by atoms with van der Waals surface area (Å²) < 4.78 is 22.9. The van der Waals surface area contributed by atoms with Crippen LogP contribution in [0.25, 0.3) is 0 Å². The fourth-order valence-corrected chi connectivity index (χ4v) is 4.68. The quantitative estimate of drug-likeness (QED) is 0.364. The number of hydrogen-bond donors (Lipinski definition) is 1. The third kappa shape index (κ3) is 5.85. The van der Waals surface area contributed by atoms with Gasteiger partial charge in [0.2, 0.25) is 5.75 Å². The fourth-order valence-electron chi connectivity index (χ4n) is 4.68. The van der Waals surface area contributed by atoms with Crippen molar-refractivity contribution in [3.63, 3.8) is 0 Å². The number of carboxylic acids is 1. The number of aliphatic carboxylic acids is 1. The fraction of sp³-hybridized carbons (Fsp3) is 0.429. The van der Waals surface area contributed by atoms with Crippen molar-refractivity contribution in [2.75, 3.05) is 27.9 Å². The average molecular weight is 483 g/mol. The molecule has 0 aromatic heterocycles. The van der Waals surface area contributed by atoms with Gasteiger partial charge >= 0.3 is 5.97 Å². The molecule has 0 bridgehead atoms. The summed E-state index contributed by atoms with van der Waals surface area (Å²) in [4.78, 5) is 23.2. The molecule has 0 unspecified atom stereocenters. The number of carbonyl (C=O) groups excluding carboxylic acids is 1. The van der Waals surface area contributed by atoms with Gasteiger partial charge in [-0.2, -0.15) is 0 Å². The van der Waals surface area contributed by atoms with Crippen molar-refractivity contribution < 1.29 is 33.6 Å². The van der Waals surface area contributed by atoms with Gasteiger partial charge in [-0.15, -0.1) is 0 Å². The van der Waals surface area contributed by atoms with Gasteiger partial charge in [0.15, 0.2) is 17.3 Å². The Kier molecular flexibility index (Phi) is 8.57. The summed E-state index contributed by atoms with van der Waals surface area (Å²) in [5.74, 6) is 0.891. The topological polar surface area (TPSA) is 91.3 Å². The highest BCUT2D eigenvalue weighted by molar-refractivity contribution is 5.94. The largest absolute Gasteiger partial charge is 0.493 e. The Balaban J connectivity index is 1.98. The third-order valence-corrected chi connectivity index (χ3v) is 6.86. The van der Waals surface area contributed by atoms with Crippen LogP contribution in [0, 0.1) is 11.8 Å². The van der Waals surface area contributed by atoms with Crippen molar-refractivity contribution in [2.45, 2.75) is 39.7 Å². The molecule has 0 saturated carbocycles. The summed E-state index contributed by atoms with van der Waals surface area (Å²) >= 11 is 0. The van der Waals surface area contributed by atoms with Crippen molar-refractivity contribution >= 4 is 11.8 Å². The number of ketones is 1. The predicted molar refractivity (Wildman–Crippen MR) is 133 cm³/mol. The molecular formula is C28H34O7. The normalized spacial score (nSPS) is 20.2. The van der Waals surface area contributed by atoms with E-state index < -0.39 is 5.97 Å². The second-order valence-electron chi connectivity index (χ2n) is 9.01. The predicted octanol–water partition coefficient (Wildman–Crippen LogP) is 5.27. The summed E-state index contributed by atoms with van der Waals surface area (Å²) in [6, 6.07) is 11.4. The maximum Gasteiger partial charge on any atom is 0.331 e. The average Bonchev–Trinajstić information content (AvgIpc) is 3.24. The van der Waals surface area contributed by atoms with E-state index in [2.05, 4.69) is 0 Å². The van der Waals surface area contributed by atoms with Gasteiger partial charge in [0.25, 0.3) is 0 Å². The lowest BCUT2D eigenvalue weighted by Gasteiger charge is -2.25. The van der Waals surface area contributed by atoms with E-state index in [-0.39, 0.29) is 23.7 Å². The van der Waals surface area contributed by atoms with E-state index in [9.17, 15) is 14.7 Å². The van der Waals surface area contributed by atoms with Crippen LogP contribution >= 0.6 is 0 Å². The second-order valence-corrected chi connectivity index (χ2v) is 9.01. The second kappa shape index (κ2) is 11.4. The van der Waals surface area contributed by atoms with E-state index in [4.69, 9.17) is 18.9 Å². The smallest absolute Gasteiger partial charge is 0.331 e. The zero-order chi connectivity index (χ0) is 25.7. The number of allylic oxidation sites excluding steroid dienone is 1. The van der Waals surface area contributed by atoms with E-state index in [0.29, 0.717) is 41.4 Å². The minimum absolute atomic E-state index is 0.0274. The molecule has 1 saturated heterocycles. The van der Waals surface area contributed by atoms with E-state index in [0.717, 1.165) is 23.1 Å². The van der Waals surface area contributed by atoms with Crippen LogP contribution in [0.15, 0.2) is 47.5 Å². The molecule has 2 aromatic rings. The van der Waals surface area contributed by atoms with Crippen molar-refractivity contribution in [3.05, 3.63) is 64.2 Å². The number of benzene rings is 2. The van der Waals surface area contributed by atoms with Crippen LogP contribution in [0.1, 0.15) is 54.8 Å². The highest BCUT2D eigenvalue weighted by atomic mass is 16.5. The lowest BCUT2D eigenvalue weighted by molar-refractivity contribution is -0.132. The molecule has 188 valence electrons. The Morgan fingerprint density at radius 2 is 1.57 bits per heavy atom. The minimum atomic E-state index is -0.915. The van der Waals surface area contributed by atoms with Gasteiger partial charge in [-0.05, 0) is 68.7 Å². The molecule has 2 aromatic carbocycles. The van der Waals surface area contributed by atoms with Crippen molar-refractivity contribution in [2.24, 2.45) is 11.8 Å². The van der Waals surface area contributed by atoms with E-state index >= 15 is 0 Å². The Bertz CT molecular complexity index is 1080. The van der Waals surface area contributed by atoms with Crippen LogP contribution in [0.4, 0.5) is 0 Å². The molecule has 1 N–H and O–H groups in total. The molecule has 1 aliphatic heterocycles. The van der Waals surface area contributed by atoms with Gasteiger partial charge < -0.3 is 24.1 Å². The van der Waals surface area contributed by atoms with Gasteiger partial charge in [0, 0.05) is 11.1 Å². The molecular weight excluding hydrogens is 448 g/mol. The number of carbonyl (C=O) groups is 2. The molecule has 0 spiro atoms. The summed E-state index contributed by atoms with van der Waals surface area (Å²) in [5, 5.41) is 9.51. The maximum atomic E-state index is 11.6. The van der Waals surface area contributed by atoms with Crippen LogP contribution in [0.3, 0.4) is 0 Å². The maximum absolute atomic E-state index is 11.6. The summed E-state index contributed by atoms with van der Waals surface area (Å²) in [6.07, 6.45) is 1.06. The molecule has 1 heterocycles. The molecule has 0 aliphatic carbocycles. The molecule has 0 radical (unpaired) electrons. The summed E-state index contributed by atoms with van der Waals surface area (Å²) in [5.41, 5.74) is 3.85. The number of hydrogen-bond acceptors (Lipinski definition) is 6. The van der Waals surface area contributed by atoms with Crippen LogP contribution in [0.2, 0.25) is 0 Å². The zero-order valence-electron chi connectivity index (χ0n) is 21.2. The first kappa shape index (κ1) is 26.3. The number of ether oxygens (including phenoxy) is 4. The minimum Gasteiger partial charge on any atom is -0.493 e. The van der Waals surface area contributed by atoms with Crippen LogP contribution in [-0.2, 0) is 16.0 Å². The van der Waals surface area contributed by atoms with Gasteiger partial charge in [0.1, 0.15) is 0 Å². The van der Waals surface area contributed by atoms with Crippen molar-refractivity contribution in [3.8, 4) is 17.2 Å². The Morgan fingerprint density at radius 3 is 2.06 bits per heavy atom. The van der Waals surface area contributed by atoms with E-state index in [1.165, 1.54) is 0 Å². The monoisotopic (exact) mass is 482 g/mol. The van der Waals surface area contributed by atoms with Gasteiger partial charge in [-0.1, -0.05) is 29.8 Å². The number of carboxylic acid groups (broad SMARTS) is 1. The van der Waals surface area contributed by atoms with Crippen LogP contribution < -0.4 is 14.2 Å².